The topological polar surface area (TPSA) is 38.2 Å². The standard InChI is InChI=1S/C14H11F6N3O/c1-23(2)12-21-10(14(18,19)20)7-11(22-12)24-9-5-3-4-8(6-9)13(15,16)17/h3-7H,1-2H3. The average Bonchev–Trinajstić information content (AvgIpc) is 2.45. The van der Waals surface area contributed by atoms with E-state index in [-0.39, 0.29) is 11.7 Å². The molecule has 0 bridgehead atoms. The predicted octanol–water partition coefficient (Wildman–Crippen LogP) is 4.37. The lowest BCUT2D eigenvalue weighted by atomic mass is 10.2. The molecule has 0 aliphatic heterocycles. The molecule has 0 spiro atoms. The molecule has 1 aromatic carbocycles. The quantitative estimate of drug-likeness (QED) is 0.770. The number of hydrogen-bond donors (Lipinski definition) is 0. The van der Waals surface area contributed by atoms with Gasteiger partial charge >= 0.3 is 12.4 Å². The lowest BCUT2D eigenvalue weighted by Gasteiger charge is -2.15. The van der Waals surface area contributed by atoms with Crippen LogP contribution in [0.3, 0.4) is 0 Å². The van der Waals surface area contributed by atoms with Gasteiger partial charge in [-0.1, -0.05) is 6.07 Å². The number of alkyl halides is 6. The second-order valence-electron chi connectivity index (χ2n) is 4.91. The van der Waals surface area contributed by atoms with Crippen LogP contribution in [0.4, 0.5) is 32.3 Å². The van der Waals surface area contributed by atoms with Gasteiger partial charge < -0.3 is 9.64 Å². The highest BCUT2D eigenvalue weighted by Crippen LogP contribution is 2.34. The Kier molecular flexibility index (Phi) is 4.59. The van der Waals surface area contributed by atoms with Crippen molar-refractivity contribution in [3.05, 3.63) is 41.6 Å². The van der Waals surface area contributed by atoms with Crippen LogP contribution in [0.2, 0.25) is 0 Å². The van der Waals surface area contributed by atoms with Crippen molar-refractivity contribution in [1.82, 2.24) is 9.97 Å². The number of anilines is 1. The predicted molar refractivity (Wildman–Crippen MR) is 72.9 cm³/mol. The number of aromatic nitrogens is 2. The molecule has 0 fully saturated rings. The van der Waals surface area contributed by atoms with Gasteiger partial charge in [0, 0.05) is 20.2 Å². The first-order valence-electron chi connectivity index (χ1n) is 6.45. The first-order valence-corrected chi connectivity index (χ1v) is 6.45. The van der Waals surface area contributed by atoms with Gasteiger partial charge in [-0.25, -0.2) is 4.98 Å². The molecule has 1 heterocycles. The van der Waals surface area contributed by atoms with E-state index in [1.165, 1.54) is 25.1 Å². The van der Waals surface area contributed by atoms with Crippen molar-refractivity contribution in [3.63, 3.8) is 0 Å². The first kappa shape index (κ1) is 17.8. The SMILES string of the molecule is CN(C)c1nc(Oc2cccc(C(F)(F)F)c2)cc(C(F)(F)F)n1. The van der Waals surface area contributed by atoms with Crippen molar-refractivity contribution >= 4 is 5.95 Å². The molecule has 0 saturated heterocycles. The smallest absolute Gasteiger partial charge is 0.433 e. The molecule has 4 nitrogen and oxygen atoms in total. The summed E-state index contributed by atoms with van der Waals surface area (Å²) in [5.41, 5.74) is -2.25. The number of benzene rings is 1. The highest BCUT2D eigenvalue weighted by Gasteiger charge is 2.34. The fourth-order valence-corrected chi connectivity index (χ4v) is 1.67. The van der Waals surface area contributed by atoms with Crippen LogP contribution in [-0.2, 0) is 12.4 Å². The van der Waals surface area contributed by atoms with Crippen LogP contribution in [0.5, 0.6) is 11.6 Å². The average molecular weight is 351 g/mol. The van der Waals surface area contributed by atoms with Gasteiger partial charge in [0.05, 0.1) is 5.56 Å². The Morgan fingerprint density at radius 3 is 2.12 bits per heavy atom. The molecule has 24 heavy (non-hydrogen) atoms. The molecule has 0 radical (unpaired) electrons. The van der Waals surface area contributed by atoms with Crippen molar-refractivity contribution in [2.45, 2.75) is 12.4 Å². The van der Waals surface area contributed by atoms with Gasteiger partial charge in [0.2, 0.25) is 11.8 Å². The summed E-state index contributed by atoms with van der Waals surface area (Å²) in [5, 5.41) is 0. The van der Waals surface area contributed by atoms with E-state index < -0.39 is 29.5 Å². The van der Waals surface area contributed by atoms with E-state index in [0.29, 0.717) is 12.1 Å². The number of rotatable bonds is 3. The molecular weight excluding hydrogens is 340 g/mol. The maximum absolute atomic E-state index is 12.9. The van der Waals surface area contributed by atoms with E-state index in [1.807, 2.05) is 0 Å². The van der Waals surface area contributed by atoms with Crippen LogP contribution in [0.1, 0.15) is 11.3 Å². The third-order valence-electron chi connectivity index (χ3n) is 2.77. The highest BCUT2D eigenvalue weighted by molar-refractivity contribution is 5.37. The summed E-state index contributed by atoms with van der Waals surface area (Å²) in [6, 6.07) is 4.27. The molecule has 130 valence electrons. The van der Waals surface area contributed by atoms with E-state index in [2.05, 4.69) is 9.97 Å². The van der Waals surface area contributed by atoms with Crippen LogP contribution >= 0.6 is 0 Å². The normalized spacial score (nSPS) is 12.2. The summed E-state index contributed by atoms with van der Waals surface area (Å²) in [5.74, 6) is -1.09. The van der Waals surface area contributed by atoms with Crippen LogP contribution in [-0.4, -0.2) is 24.1 Å². The molecule has 0 aliphatic rings. The maximum atomic E-state index is 12.9. The molecule has 1 aromatic heterocycles. The molecule has 2 aromatic rings. The second kappa shape index (κ2) is 6.17. The summed E-state index contributed by atoms with van der Waals surface area (Å²) >= 11 is 0. The van der Waals surface area contributed by atoms with E-state index in [0.717, 1.165) is 12.1 Å². The zero-order valence-electron chi connectivity index (χ0n) is 12.4. The van der Waals surface area contributed by atoms with Crippen molar-refractivity contribution in [2.24, 2.45) is 0 Å². The van der Waals surface area contributed by atoms with E-state index >= 15 is 0 Å². The lowest BCUT2D eigenvalue weighted by Crippen LogP contribution is -2.17. The minimum Gasteiger partial charge on any atom is -0.439 e. The van der Waals surface area contributed by atoms with Crippen LogP contribution in [0.25, 0.3) is 0 Å². The molecule has 0 aliphatic carbocycles. The van der Waals surface area contributed by atoms with E-state index in [9.17, 15) is 26.3 Å². The Morgan fingerprint density at radius 1 is 0.917 bits per heavy atom. The number of ether oxygens (including phenoxy) is 1. The fourth-order valence-electron chi connectivity index (χ4n) is 1.67. The minimum absolute atomic E-state index is 0.285. The Morgan fingerprint density at radius 2 is 1.58 bits per heavy atom. The zero-order valence-corrected chi connectivity index (χ0v) is 12.4. The van der Waals surface area contributed by atoms with Gasteiger partial charge in [0.1, 0.15) is 5.75 Å². The Balaban J connectivity index is 2.41. The number of halogens is 6. The second-order valence-corrected chi connectivity index (χ2v) is 4.91. The minimum atomic E-state index is -4.75. The summed E-state index contributed by atoms with van der Waals surface area (Å²) in [6.45, 7) is 0. The van der Waals surface area contributed by atoms with Gasteiger partial charge in [-0.15, -0.1) is 0 Å². The summed E-state index contributed by atoms with van der Waals surface area (Å²) in [6.07, 6.45) is -9.35. The van der Waals surface area contributed by atoms with Gasteiger partial charge in [-0.05, 0) is 18.2 Å². The third kappa shape index (κ3) is 4.27. The molecule has 0 saturated carbocycles. The largest absolute Gasteiger partial charge is 0.439 e. The lowest BCUT2D eigenvalue weighted by molar-refractivity contribution is -0.141. The Hall–Kier alpha value is -2.52. The van der Waals surface area contributed by atoms with Gasteiger partial charge in [-0.3, -0.25) is 0 Å². The third-order valence-corrected chi connectivity index (χ3v) is 2.77. The molecule has 0 amide bonds. The fraction of sp³-hybridized carbons (Fsp3) is 0.286. The molecule has 2 rings (SSSR count). The first-order chi connectivity index (χ1) is 11.0. The van der Waals surface area contributed by atoms with Crippen molar-refractivity contribution in [1.29, 1.82) is 0 Å². The highest BCUT2D eigenvalue weighted by atomic mass is 19.4. The summed E-state index contributed by atoms with van der Waals surface area (Å²) in [4.78, 5) is 8.29. The molecule has 0 N–H and O–H groups in total. The van der Waals surface area contributed by atoms with Crippen molar-refractivity contribution in [3.8, 4) is 11.6 Å². The molecule has 0 unspecified atom stereocenters. The zero-order chi connectivity index (χ0) is 18.1. The van der Waals surface area contributed by atoms with Crippen LogP contribution in [0, 0.1) is 0 Å². The van der Waals surface area contributed by atoms with E-state index in [4.69, 9.17) is 4.74 Å². The number of nitrogens with zero attached hydrogens (tertiary/aromatic N) is 3. The summed E-state index contributed by atoms with van der Waals surface area (Å²) < 4.78 is 81.6. The van der Waals surface area contributed by atoms with Gasteiger partial charge in [0.15, 0.2) is 5.69 Å². The van der Waals surface area contributed by atoms with Crippen molar-refractivity contribution < 1.29 is 31.1 Å². The molecule has 0 atom stereocenters. The molecule has 10 heteroatoms. The van der Waals surface area contributed by atoms with E-state index in [1.54, 1.807) is 0 Å². The molecular formula is C14H11F6N3O. The van der Waals surface area contributed by atoms with Crippen LogP contribution in [0.15, 0.2) is 30.3 Å². The van der Waals surface area contributed by atoms with Gasteiger partial charge in [-0.2, -0.15) is 31.3 Å². The van der Waals surface area contributed by atoms with Crippen molar-refractivity contribution in [2.75, 3.05) is 19.0 Å². The Labute approximate surface area is 132 Å². The monoisotopic (exact) mass is 351 g/mol. The van der Waals surface area contributed by atoms with Gasteiger partial charge in [0.25, 0.3) is 0 Å². The maximum Gasteiger partial charge on any atom is 0.433 e. The summed E-state index contributed by atoms with van der Waals surface area (Å²) in [7, 11) is 2.84. The van der Waals surface area contributed by atoms with Crippen LogP contribution < -0.4 is 9.64 Å². The Bertz CT molecular complexity index is 727. The number of hydrogen-bond acceptors (Lipinski definition) is 4.